The van der Waals surface area contributed by atoms with Crippen LogP contribution in [-0.2, 0) is 9.59 Å². The first-order chi connectivity index (χ1) is 9.52. The number of hydrogen-bond donors (Lipinski definition) is 2. The molecule has 20 heavy (non-hydrogen) atoms. The quantitative estimate of drug-likeness (QED) is 0.724. The van der Waals surface area contributed by atoms with Crippen LogP contribution in [-0.4, -0.2) is 29.3 Å². The zero-order chi connectivity index (χ0) is 15.0. The first kappa shape index (κ1) is 16.5. The van der Waals surface area contributed by atoms with E-state index in [9.17, 15) is 14.0 Å². The molecule has 4 nitrogen and oxygen atoms in total. The molecule has 0 saturated carbocycles. The summed E-state index contributed by atoms with van der Waals surface area (Å²) in [4.78, 5) is 23.2. The summed E-state index contributed by atoms with van der Waals surface area (Å²) in [6.07, 6.45) is 0.790. The summed E-state index contributed by atoms with van der Waals surface area (Å²) in [6.45, 7) is 1.93. The van der Waals surface area contributed by atoms with E-state index in [0.29, 0.717) is 18.6 Å². The average Bonchev–Trinajstić information content (AvgIpc) is 2.41. The number of hydrogen-bond acceptors (Lipinski definition) is 3. The molecule has 0 aliphatic rings. The highest BCUT2D eigenvalue weighted by atomic mass is 32.2. The first-order valence-electron chi connectivity index (χ1n) is 6.40. The molecule has 1 unspecified atom stereocenters. The Kier molecular flexibility index (Phi) is 7.08. The van der Waals surface area contributed by atoms with Crippen LogP contribution in [0.25, 0.3) is 0 Å². The molecule has 1 aromatic rings. The monoisotopic (exact) mass is 299 g/mol. The van der Waals surface area contributed by atoms with Gasteiger partial charge in [-0.3, -0.25) is 9.59 Å². The molecule has 0 saturated heterocycles. The van der Waals surface area contributed by atoms with E-state index in [4.69, 9.17) is 5.11 Å². The number of nitrogens with one attached hydrogen (secondary N) is 1. The van der Waals surface area contributed by atoms with Crippen molar-refractivity contribution in [3.8, 4) is 0 Å². The van der Waals surface area contributed by atoms with E-state index in [0.717, 1.165) is 4.90 Å². The lowest BCUT2D eigenvalue weighted by Gasteiger charge is -2.10. The molecule has 0 fully saturated rings. The second-order valence-electron chi connectivity index (χ2n) is 4.30. The Balaban J connectivity index is 2.23. The number of aliphatic carboxylic acids is 1. The van der Waals surface area contributed by atoms with Gasteiger partial charge in [0.25, 0.3) is 0 Å². The fraction of sp³-hybridized carbons (Fsp3) is 0.429. The summed E-state index contributed by atoms with van der Waals surface area (Å²) < 4.78 is 12.7. The van der Waals surface area contributed by atoms with Crippen LogP contribution < -0.4 is 5.32 Å². The summed E-state index contributed by atoms with van der Waals surface area (Å²) >= 11 is 1.46. The lowest BCUT2D eigenvalue weighted by atomic mass is 10.1. The first-order valence-corrected chi connectivity index (χ1v) is 7.39. The highest BCUT2D eigenvalue weighted by Gasteiger charge is 2.15. The van der Waals surface area contributed by atoms with Gasteiger partial charge < -0.3 is 10.4 Å². The molecule has 0 bridgehead atoms. The summed E-state index contributed by atoms with van der Waals surface area (Å²) in [7, 11) is 0. The number of carbonyl (C=O) groups excluding carboxylic acids is 1. The van der Waals surface area contributed by atoms with Crippen molar-refractivity contribution < 1.29 is 19.1 Å². The fourth-order valence-electron chi connectivity index (χ4n) is 1.52. The molecule has 1 rings (SSSR count). The molecule has 0 heterocycles. The number of amides is 1. The van der Waals surface area contributed by atoms with Crippen LogP contribution in [0.15, 0.2) is 29.2 Å². The summed E-state index contributed by atoms with van der Waals surface area (Å²) in [5, 5.41) is 11.5. The van der Waals surface area contributed by atoms with Crippen molar-refractivity contribution in [2.45, 2.75) is 24.7 Å². The van der Waals surface area contributed by atoms with Crippen LogP contribution >= 0.6 is 11.8 Å². The second-order valence-corrected chi connectivity index (χ2v) is 5.47. The van der Waals surface area contributed by atoms with Crippen molar-refractivity contribution in [2.75, 3.05) is 12.3 Å². The van der Waals surface area contributed by atoms with Crippen LogP contribution in [0.4, 0.5) is 4.39 Å². The number of carbonyl (C=O) groups is 2. The fourth-order valence-corrected chi connectivity index (χ4v) is 2.38. The highest BCUT2D eigenvalue weighted by molar-refractivity contribution is 7.99. The summed E-state index contributed by atoms with van der Waals surface area (Å²) in [5.74, 6) is -1.32. The van der Waals surface area contributed by atoms with Crippen LogP contribution in [0.1, 0.15) is 19.8 Å². The number of rotatable bonds is 8. The molecule has 0 spiro atoms. The van der Waals surface area contributed by atoms with Crippen LogP contribution in [0.3, 0.4) is 0 Å². The smallest absolute Gasteiger partial charge is 0.308 e. The van der Waals surface area contributed by atoms with Gasteiger partial charge in [0.1, 0.15) is 5.82 Å². The van der Waals surface area contributed by atoms with Gasteiger partial charge in [-0.2, -0.15) is 0 Å². The van der Waals surface area contributed by atoms with Gasteiger partial charge in [0.2, 0.25) is 5.91 Å². The van der Waals surface area contributed by atoms with Gasteiger partial charge >= 0.3 is 5.97 Å². The van der Waals surface area contributed by atoms with E-state index in [-0.39, 0.29) is 18.3 Å². The molecular weight excluding hydrogens is 281 g/mol. The van der Waals surface area contributed by atoms with Gasteiger partial charge in [0.05, 0.1) is 5.92 Å². The van der Waals surface area contributed by atoms with Crippen LogP contribution in [0, 0.1) is 11.7 Å². The highest BCUT2D eigenvalue weighted by Crippen LogP contribution is 2.18. The zero-order valence-electron chi connectivity index (χ0n) is 11.3. The minimum Gasteiger partial charge on any atom is -0.481 e. The van der Waals surface area contributed by atoms with Gasteiger partial charge in [0, 0.05) is 23.6 Å². The Morgan fingerprint density at radius 1 is 1.35 bits per heavy atom. The van der Waals surface area contributed by atoms with Crippen molar-refractivity contribution >= 4 is 23.6 Å². The minimum atomic E-state index is -0.895. The molecule has 1 atom stereocenters. The maximum atomic E-state index is 12.7. The van der Waals surface area contributed by atoms with Crippen molar-refractivity contribution in [2.24, 2.45) is 5.92 Å². The van der Waals surface area contributed by atoms with Crippen molar-refractivity contribution in [3.05, 3.63) is 30.1 Å². The summed E-state index contributed by atoms with van der Waals surface area (Å²) in [5.41, 5.74) is 0. The molecule has 0 aliphatic carbocycles. The number of carboxylic acids is 1. The molecule has 1 amide bonds. The van der Waals surface area contributed by atoms with Gasteiger partial charge in [-0.15, -0.1) is 11.8 Å². The number of benzene rings is 1. The third-order valence-electron chi connectivity index (χ3n) is 2.80. The third kappa shape index (κ3) is 6.06. The van der Waals surface area contributed by atoms with Gasteiger partial charge in [-0.1, -0.05) is 6.92 Å². The largest absolute Gasteiger partial charge is 0.481 e. The summed E-state index contributed by atoms with van der Waals surface area (Å²) in [6, 6.07) is 6.08. The molecule has 6 heteroatoms. The molecule has 0 aromatic heterocycles. The van der Waals surface area contributed by atoms with E-state index in [2.05, 4.69) is 5.32 Å². The Bertz CT molecular complexity index is 450. The Morgan fingerprint density at radius 2 is 2.00 bits per heavy atom. The van der Waals surface area contributed by atoms with E-state index in [1.54, 1.807) is 19.1 Å². The SMILES string of the molecule is CCC(CNC(=O)CCSc1ccc(F)cc1)C(=O)O. The molecule has 1 aromatic carbocycles. The maximum absolute atomic E-state index is 12.7. The second kappa shape index (κ2) is 8.58. The van der Waals surface area contributed by atoms with E-state index in [1.807, 2.05) is 0 Å². The Morgan fingerprint density at radius 3 is 2.55 bits per heavy atom. The normalized spacial score (nSPS) is 11.9. The Labute approximate surface area is 121 Å². The third-order valence-corrected chi connectivity index (χ3v) is 3.81. The predicted octanol–water partition coefficient (Wildman–Crippen LogP) is 2.53. The lowest BCUT2D eigenvalue weighted by molar-refractivity contribution is -0.141. The predicted molar refractivity (Wildman–Crippen MR) is 76.2 cm³/mol. The van der Waals surface area contributed by atoms with Gasteiger partial charge in [0.15, 0.2) is 0 Å². The Hall–Kier alpha value is -1.56. The lowest BCUT2D eigenvalue weighted by Crippen LogP contribution is -2.32. The zero-order valence-corrected chi connectivity index (χ0v) is 12.1. The maximum Gasteiger partial charge on any atom is 0.308 e. The molecule has 2 N–H and O–H groups in total. The molecular formula is C14H18FNO3S. The van der Waals surface area contributed by atoms with Crippen molar-refractivity contribution in [3.63, 3.8) is 0 Å². The minimum absolute atomic E-state index is 0.159. The van der Waals surface area contributed by atoms with Crippen molar-refractivity contribution in [1.82, 2.24) is 5.32 Å². The number of thioether (sulfide) groups is 1. The molecule has 0 radical (unpaired) electrons. The van der Waals surface area contributed by atoms with Crippen LogP contribution in [0.2, 0.25) is 0 Å². The van der Waals surface area contributed by atoms with Gasteiger partial charge in [-0.05, 0) is 30.7 Å². The van der Waals surface area contributed by atoms with E-state index in [1.165, 1.54) is 23.9 Å². The van der Waals surface area contributed by atoms with Crippen molar-refractivity contribution in [1.29, 1.82) is 0 Å². The van der Waals surface area contributed by atoms with E-state index < -0.39 is 11.9 Å². The van der Waals surface area contributed by atoms with E-state index >= 15 is 0 Å². The topological polar surface area (TPSA) is 66.4 Å². The van der Waals surface area contributed by atoms with Crippen LogP contribution in [0.5, 0.6) is 0 Å². The van der Waals surface area contributed by atoms with Gasteiger partial charge in [-0.25, -0.2) is 4.39 Å². The molecule has 110 valence electrons. The number of carboxylic acid groups (broad SMARTS) is 1. The molecule has 0 aliphatic heterocycles. The number of halogens is 1. The standard InChI is InChI=1S/C14H18FNO3S/c1-2-10(14(18)19)9-16-13(17)7-8-20-12-5-3-11(15)4-6-12/h3-6,10H,2,7-9H2,1H3,(H,16,17)(H,18,19). The average molecular weight is 299 g/mol.